The number of thioether (sulfide) groups is 1. The predicted molar refractivity (Wildman–Crippen MR) is 76.9 cm³/mol. The van der Waals surface area contributed by atoms with Crippen LogP contribution in [0.15, 0.2) is 23.1 Å². The third-order valence-corrected chi connectivity index (χ3v) is 3.84. The molecule has 0 spiro atoms. The van der Waals surface area contributed by atoms with Crippen molar-refractivity contribution in [2.45, 2.75) is 11.3 Å². The van der Waals surface area contributed by atoms with E-state index in [1.54, 1.807) is 11.8 Å². The molecule has 0 aromatic heterocycles. The minimum absolute atomic E-state index is 0.139. The Balaban J connectivity index is 2.38. The van der Waals surface area contributed by atoms with Crippen LogP contribution in [-0.4, -0.2) is 38.4 Å². The minimum Gasteiger partial charge on any atom is -0.384 e. The van der Waals surface area contributed by atoms with Gasteiger partial charge in [-0.15, -0.1) is 11.8 Å². The largest absolute Gasteiger partial charge is 0.384 e. The van der Waals surface area contributed by atoms with Crippen molar-refractivity contribution < 1.29 is 4.74 Å². The van der Waals surface area contributed by atoms with Crippen molar-refractivity contribution in [3.05, 3.63) is 23.8 Å². The van der Waals surface area contributed by atoms with Gasteiger partial charge in [-0.1, -0.05) is 6.07 Å². The summed E-state index contributed by atoms with van der Waals surface area (Å²) in [7, 11) is 0. The standard InChI is InChI=1S/C13H19N3OS/c1-18-11-5-2-4-10(12(11)13(14)15)16-6-3-8-17-9-7-16/h2,4-5H,3,6-9H2,1H3,(H3,14,15). The van der Waals surface area contributed by atoms with Gasteiger partial charge in [-0.2, -0.15) is 0 Å². The fourth-order valence-electron chi connectivity index (χ4n) is 2.21. The number of nitrogen functional groups attached to an aromatic ring is 1. The first-order chi connectivity index (χ1) is 8.74. The summed E-state index contributed by atoms with van der Waals surface area (Å²) in [5, 5.41) is 7.80. The Labute approximate surface area is 112 Å². The molecule has 1 saturated heterocycles. The van der Waals surface area contributed by atoms with Crippen molar-refractivity contribution in [1.82, 2.24) is 0 Å². The van der Waals surface area contributed by atoms with Gasteiger partial charge in [-0.25, -0.2) is 0 Å². The zero-order chi connectivity index (χ0) is 13.0. The van der Waals surface area contributed by atoms with Crippen molar-refractivity contribution in [3.8, 4) is 0 Å². The lowest BCUT2D eigenvalue weighted by molar-refractivity contribution is 0.152. The minimum atomic E-state index is 0.139. The number of hydrogen-bond acceptors (Lipinski definition) is 4. The molecule has 0 aliphatic carbocycles. The normalized spacial score (nSPS) is 16.4. The van der Waals surface area contributed by atoms with Gasteiger partial charge in [0.1, 0.15) is 5.84 Å². The predicted octanol–water partition coefficient (Wildman–Crippen LogP) is 1.92. The van der Waals surface area contributed by atoms with E-state index in [1.165, 1.54) is 0 Å². The number of hydrogen-bond donors (Lipinski definition) is 2. The molecule has 1 fully saturated rings. The lowest BCUT2D eigenvalue weighted by Crippen LogP contribution is -2.29. The number of nitrogens with one attached hydrogen (secondary N) is 1. The number of nitrogens with zero attached hydrogens (tertiary/aromatic N) is 1. The summed E-state index contributed by atoms with van der Waals surface area (Å²) in [4.78, 5) is 3.33. The molecule has 1 aromatic rings. The van der Waals surface area contributed by atoms with Crippen molar-refractivity contribution in [2.24, 2.45) is 5.73 Å². The highest BCUT2D eigenvalue weighted by atomic mass is 32.2. The average Bonchev–Trinajstić information content (AvgIpc) is 2.66. The first-order valence-corrected chi connectivity index (χ1v) is 7.30. The SMILES string of the molecule is CSc1cccc(N2CCCOCC2)c1C(=N)N. The van der Waals surface area contributed by atoms with E-state index in [4.69, 9.17) is 15.9 Å². The van der Waals surface area contributed by atoms with E-state index >= 15 is 0 Å². The number of benzene rings is 1. The quantitative estimate of drug-likeness (QED) is 0.498. The molecule has 0 amide bonds. The van der Waals surface area contributed by atoms with Crippen LogP contribution in [0, 0.1) is 5.41 Å². The summed E-state index contributed by atoms with van der Waals surface area (Å²) >= 11 is 1.63. The van der Waals surface area contributed by atoms with E-state index in [1.807, 2.05) is 24.5 Å². The highest BCUT2D eigenvalue weighted by molar-refractivity contribution is 7.98. The van der Waals surface area contributed by atoms with E-state index in [0.717, 1.165) is 48.9 Å². The summed E-state index contributed by atoms with van der Waals surface area (Å²) in [5.41, 5.74) is 7.66. The third-order valence-electron chi connectivity index (χ3n) is 3.06. The summed E-state index contributed by atoms with van der Waals surface area (Å²) in [6.07, 6.45) is 3.03. The second kappa shape index (κ2) is 6.11. The number of amidine groups is 1. The average molecular weight is 265 g/mol. The molecule has 0 atom stereocenters. The monoisotopic (exact) mass is 265 g/mol. The number of anilines is 1. The Morgan fingerprint density at radius 1 is 1.39 bits per heavy atom. The first-order valence-electron chi connectivity index (χ1n) is 6.08. The van der Waals surface area contributed by atoms with Crippen molar-refractivity contribution in [2.75, 3.05) is 37.5 Å². The first kappa shape index (κ1) is 13.2. The summed E-state index contributed by atoms with van der Waals surface area (Å²) < 4.78 is 5.47. The number of ether oxygens (including phenoxy) is 1. The molecular formula is C13H19N3OS. The van der Waals surface area contributed by atoms with Crippen LogP contribution in [-0.2, 0) is 4.74 Å². The van der Waals surface area contributed by atoms with E-state index in [0.29, 0.717) is 0 Å². The number of rotatable bonds is 3. The fraction of sp³-hybridized carbons (Fsp3) is 0.462. The highest BCUT2D eigenvalue weighted by Gasteiger charge is 2.17. The summed E-state index contributed by atoms with van der Waals surface area (Å²) in [5.74, 6) is 0.139. The highest BCUT2D eigenvalue weighted by Crippen LogP contribution is 2.29. The van der Waals surface area contributed by atoms with Crippen molar-refractivity contribution in [1.29, 1.82) is 5.41 Å². The van der Waals surface area contributed by atoms with E-state index < -0.39 is 0 Å². The molecule has 0 radical (unpaired) electrons. The maximum absolute atomic E-state index is 7.80. The molecule has 5 heteroatoms. The zero-order valence-corrected chi connectivity index (χ0v) is 11.4. The molecule has 98 valence electrons. The van der Waals surface area contributed by atoms with Gasteiger partial charge >= 0.3 is 0 Å². The lowest BCUT2D eigenvalue weighted by Gasteiger charge is -2.25. The van der Waals surface area contributed by atoms with Crippen LogP contribution in [0.1, 0.15) is 12.0 Å². The maximum Gasteiger partial charge on any atom is 0.126 e. The van der Waals surface area contributed by atoms with Crippen LogP contribution >= 0.6 is 11.8 Å². The molecule has 0 unspecified atom stereocenters. The van der Waals surface area contributed by atoms with Gasteiger partial charge < -0.3 is 15.4 Å². The second-order valence-electron chi connectivity index (χ2n) is 4.22. The number of nitrogens with two attached hydrogens (primary N) is 1. The Kier molecular flexibility index (Phi) is 4.49. The van der Waals surface area contributed by atoms with Crippen molar-refractivity contribution >= 4 is 23.3 Å². The lowest BCUT2D eigenvalue weighted by atomic mass is 10.1. The van der Waals surface area contributed by atoms with Gasteiger partial charge in [0.2, 0.25) is 0 Å². The molecular weight excluding hydrogens is 246 g/mol. The Morgan fingerprint density at radius 2 is 2.22 bits per heavy atom. The molecule has 1 aliphatic heterocycles. The zero-order valence-electron chi connectivity index (χ0n) is 10.6. The Morgan fingerprint density at radius 3 is 2.94 bits per heavy atom. The molecule has 0 saturated carbocycles. The molecule has 1 aliphatic rings. The molecule has 3 N–H and O–H groups in total. The van der Waals surface area contributed by atoms with Gasteiger partial charge in [0.15, 0.2) is 0 Å². The second-order valence-corrected chi connectivity index (χ2v) is 5.07. The van der Waals surface area contributed by atoms with Gasteiger partial charge in [0.05, 0.1) is 12.2 Å². The van der Waals surface area contributed by atoms with Crippen LogP contribution in [0.4, 0.5) is 5.69 Å². The van der Waals surface area contributed by atoms with Gasteiger partial charge in [0.25, 0.3) is 0 Å². The van der Waals surface area contributed by atoms with E-state index in [9.17, 15) is 0 Å². The van der Waals surface area contributed by atoms with E-state index in [-0.39, 0.29) is 5.84 Å². The molecule has 1 aromatic carbocycles. The van der Waals surface area contributed by atoms with Crippen LogP contribution in [0.3, 0.4) is 0 Å². The van der Waals surface area contributed by atoms with E-state index in [2.05, 4.69) is 4.90 Å². The third kappa shape index (κ3) is 2.79. The van der Waals surface area contributed by atoms with Crippen LogP contribution in [0.25, 0.3) is 0 Å². The Hall–Kier alpha value is -1.20. The Bertz CT molecular complexity index is 428. The van der Waals surface area contributed by atoms with Gasteiger partial charge in [-0.3, -0.25) is 5.41 Å². The molecule has 2 rings (SSSR count). The smallest absolute Gasteiger partial charge is 0.126 e. The van der Waals surface area contributed by atoms with Crippen LogP contribution in [0.2, 0.25) is 0 Å². The summed E-state index contributed by atoms with van der Waals surface area (Å²) in [6.45, 7) is 3.37. The molecule has 18 heavy (non-hydrogen) atoms. The molecule has 0 bridgehead atoms. The van der Waals surface area contributed by atoms with Gasteiger partial charge in [-0.05, 0) is 24.8 Å². The topological polar surface area (TPSA) is 62.3 Å². The van der Waals surface area contributed by atoms with Crippen LogP contribution in [0.5, 0.6) is 0 Å². The van der Waals surface area contributed by atoms with Crippen LogP contribution < -0.4 is 10.6 Å². The van der Waals surface area contributed by atoms with Gasteiger partial charge in [0, 0.05) is 30.3 Å². The maximum atomic E-state index is 7.80. The summed E-state index contributed by atoms with van der Waals surface area (Å²) in [6, 6.07) is 6.08. The molecule has 4 nitrogen and oxygen atoms in total. The van der Waals surface area contributed by atoms with Crippen molar-refractivity contribution in [3.63, 3.8) is 0 Å². The molecule has 1 heterocycles. The fourth-order valence-corrected chi connectivity index (χ4v) is 2.84.